The standard InChI is InChI=1S/C20H18Br2F2O/c21-13-5-7-15(17(23)9-13)19(11-1-2-11)25-20(12-3-4-12)16-8-6-14(22)10-18(16)24/h5-12,19-20H,1-4H2. The molecule has 2 aromatic carbocycles. The Morgan fingerprint density at radius 3 is 1.48 bits per heavy atom. The van der Waals surface area contributed by atoms with E-state index in [0.717, 1.165) is 25.7 Å². The summed E-state index contributed by atoms with van der Waals surface area (Å²) < 4.78 is 36.8. The lowest BCUT2D eigenvalue weighted by molar-refractivity contribution is -0.0420. The smallest absolute Gasteiger partial charge is 0.130 e. The minimum atomic E-state index is -0.318. The fraction of sp³-hybridized carbons (Fsp3) is 0.400. The van der Waals surface area contributed by atoms with Crippen molar-refractivity contribution in [3.05, 3.63) is 68.1 Å². The third kappa shape index (κ3) is 3.99. The van der Waals surface area contributed by atoms with Gasteiger partial charge in [-0.05, 0) is 61.8 Å². The molecule has 4 rings (SSSR count). The number of benzene rings is 2. The quantitative estimate of drug-likeness (QED) is 0.436. The third-order valence-corrected chi connectivity index (χ3v) is 5.92. The normalized spacial score (nSPS) is 19.7. The molecule has 132 valence electrons. The lowest BCUT2D eigenvalue weighted by Crippen LogP contribution is -2.16. The Kier molecular flexibility index (Phi) is 5.00. The van der Waals surface area contributed by atoms with E-state index >= 15 is 0 Å². The number of hydrogen-bond donors (Lipinski definition) is 0. The van der Waals surface area contributed by atoms with Gasteiger partial charge in [-0.3, -0.25) is 0 Å². The molecule has 2 aliphatic rings. The van der Waals surface area contributed by atoms with Crippen LogP contribution < -0.4 is 0 Å². The molecule has 0 amide bonds. The van der Waals surface area contributed by atoms with Crippen LogP contribution in [0.25, 0.3) is 0 Å². The van der Waals surface area contributed by atoms with E-state index in [0.29, 0.717) is 31.9 Å². The van der Waals surface area contributed by atoms with Crippen LogP contribution in [0.3, 0.4) is 0 Å². The Labute approximate surface area is 163 Å². The maximum absolute atomic E-state index is 14.5. The summed E-state index contributed by atoms with van der Waals surface area (Å²) in [5.74, 6) is 0.0973. The van der Waals surface area contributed by atoms with Gasteiger partial charge < -0.3 is 4.74 Å². The van der Waals surface area contributed by atoms with Crippen LogP contribution in [0.2, 0.25) is 0 Å². The summed E-state index contributed by atoms with van der Waals surface area (Å²) in [6, 6.07) is 10.2. The van der Waals surface area contributed by atoms with Crippen molar-refractivity contribution in [3.63, 3.8) is 0 Å². The van der Waals surface area contributed by atoms with Gasteiger partial charge in [0.1, 0.15) is 11.6 Å². The SMILES string of the molecule is Fc1cc(Br)ccc1C(OC(c1ccc(Br)cc1F)C1CC1)C1CC1. The number of ether oxygens (including phenoxy) is 1. The van der Waals surface area contributed by atoms with Crippen molar-refractivity contribution in [2.75, 3.05) is 0 Å². The van der Waals surface area contributed by atoms with Crippen LogP contribution in [0, 0.1) is 23.5 Å². The van der Waals surface area contributed by atoms with Crippen LogP contribution in [-0.2, 0) is 4.74 Å². The zero-order valence-corrected chi connectivity index (χ0v) is 16.7. The zero-order chi connectivity index (χ0) is 17.6. The van der Waals surface area contributed by atoms with Gasteiger partial charge >= 0.3 is 0 Å². The van der Waals surface area contributed by atoms with Crippen molar-refractivity contribution < 1.29 is 13.5 Å². The molecule has 0 spiro atoms. The first-order chi connectivity index (χ1) is 12.0. The van der Waals surface area contributed by atoms with Crippen LogP contribution in [0.5, 0.6) is 0 Å². The summed E-state index contributed by atoms with van der Waals surface area (Å²) >= 11 is 6.60. The second-order valence-electron chi connectivity index (χ2n) is 6.98. The second-order valence-corrected chi connectivity index (χ2v) is 8.82. The first kappa shape index (κ1) is 17.6. The molecule has 1 nitrogen and oxygen atoms in total. The summed E-state index contributed by atoms with van der Waals surface area (Å²) in [5, 5.41) is 0. The highest BCUT2D eigenvalue weighted by Crippen LogP contribution is 2.51. The third-order valence-electron chi connectivity index (χ3n) is 4.93. The molecular formula is C20H18Br2F2O. The maximum atomic E-state index is 14.5. The molecule has 0 aromatic heterocycles. The largest absolute Gasteiger partial charge is 0.365 e. The molecule has 2 atom stereocenters. The van der Waals surface area contributed by atoms with E-state index in [1.54, 1.807) is 12.1 Å². The molecule has 0 radical (unpaired) electrons. The molecule has 2 aromatic rings. The number of hydrogen-bond acceptors (Lipinski definition) is 1. The van der Waals surface area contributed by atoms with Gasteiger partial charge in [-0.1, -0.05) is 44.0 Å². The molecule has 0 N–H and O–H groups in total. The predicted molar refractivity (Wildman–Crippen MR) is 100 cm³/mol. The Balaban J connectivity index is 1.65. The van der Waals surface area contributed by atoms with Gasteiger partial charge in [0.05, 0.1) is 12.2 Å². The zero-order valence-electron chi connectivity index (χ0n) is 13.5. The van der Waals surface area contributed by atoms with Gasteiger partial charge in [0, 0.05) is 20.1 Å². The average molecular weight is 472 g/mol. The molecule has 0 bridgehead atoms. The summed E-state index contributed by atoms with van der Waals surface area (Å²) in [6.07, 6.45) is 3.48. The fourth-order valence-corrected chi connectivity index (χ4v) is 3.96. The van der Waals surface area contributed by atoms with Crippen molar-refractivity contribution >= 4 is 31.9 Å². The molecule has 2 saturated carbocycles. The van der Waals surface area contributed by atoms with E-state index < -0.39 is 0 Å². The van der Waals surface area contributed by atoms with Crippen molar-refractivity contribution in [1.82, 2.24) is 0 Å². The van der Waals surface area contributed by atoms with E-state index in [1.165, 1.54) is 12.1 Å². The molecule has 2 fully saturated rings. The molecule has 2 unspecified atom stereocenters. The minimum Gasteiger partial charge on any atom is -0.365 e. The number of rotatable bonds is 6. The average Bonchev–Trinajstić information content (AvgIpc) is 3.45. The highest BCUT2D eigenvalue weighted by Gasteiger charge is 2.41. The van der Waals surface area contributed by atoms with E-state index in [1.807, 2.05) is 12.1 Å². The van der Waals surface area contributed by atoms with Crippen LogP contribution in [0.4, 0.5) is 8.78 Å². The number of halogens is 4. The summed E-state index contributed by atoms with van der Waals surface area (Å²) in [6.45, 7) is 0. The van der Waals surface area contributed by atoms with E-state index in [4.69, 9.17) is 4.74 Å². The van der Waals surface area contributed by atoms with Crippen LogP contribution in [0.15, 0.2) is 45.3 Å². The van der Waals surface area contributed by atoms with Crippen LogP contribution in [-0.4, -0.2) is 0 Å². The van der Waals surface area contributed by atoms with Gasteiger partial charge in [-0.15, -0.1) is 0 Å². The van der Waals surface area contributed by atoms with Crippen LogP contribution >= 0.6 is 31.9 Å². The van der Waals surface area contributed by atoms with Gasteiger partial charge in [0.25, 0.3) is 0 Å². The minimum absolute atomic E-state index is 0.267. The van der Waals surface area contributed by atoms with Crippen molar-refractivity contribution in [3.8, 4) is 0 Å². The molecule has 5 heteroatoms. The highest BCUT2D eigenvalue weighted by molar-refractivity contribution is 9.10. The molecule has 0 aliphatic heterocycles. The van der Waals surface area contributed by atoms with E-state index in [2.05, 4.69) is 31.9 Å². The first-order valence-electron chi connectivity index (χ1n) is 8.58. The van der Waals surface area contributed by atoms with Crippen LogP contribution in [0.1, 0.15) is 49.0 Å². The Morgan fingerprint density at radius 1 is 0.760 bits per heavy atom. The Bertz CT molecular complexity index is 722. The Morgan fingerprint density at radius 2 is 1.16 bits per heavy atom. The molecule has 0 heterocycles. The van der Waals surface area contributed by atoms with E-state index in [9.17, 15) is 8.78 Å². The molecule has 25 heavy (non-hydrogen) atoms. The summed E-state index contributed by atoms with van der Waals surface area (Å²) in [7, 11) is 0. The summed E-state index contributed by atoms with van der Waals surface area (Å²) in [4.78, 5) is 0. The highest BCUT2D eigenvalue weighted by atomic mass is 79.9. The topological polar surface area (TPSA) is 9.23 Å². The lowest BCUT2D eigenvalue weighted by atomic mass is 10.0. The lowest BCUT2D eigenvalue weighted by Gasteiger charge is -2.26. The van der Waals surface area contributed by atoms with Gasteiger partial charge in [0.2, 0.25) is 0 Å². The van der Waals surface area contributed by atoms with Crippen molar-refractivity contribution in [2.45, 2.75) is 37.9 Å². The van der Waals surface area contributed by atoms with Crippen molar-refractivity contribution in [2.24, 2.45) is 11.8 Å². The van der Waals surface area contributed by atoms with Gasteiger partial charge in [0.15, 0.2) is 0 Å². The molecule has 0 saturated heterocycles. The maximum Gasteiger partial charge on any atom is 0.130 e. The summed E-state index contributed by atoms with van der Waals surface area (Å²) in [5.41, 5.74) is 1.16. The molecular weight excluding hydrogens is 454 g/mol. The van der Waals surface area contributed by atoms with E-state index in [-0.39, 0.29) is 23.8 Å². The second kappa shape index (κ2) is 7.09. The van der Waals surface area contributed by atoms with Gasteiger partial charge in [-0.25, -0.2) is 8.78 Å². The van der Waals surface area contributed by atoms with Gasteiger partial charge in [-0.2, -0.15) is 0 Å². The monoisotopic (exact) mass is 470 g/mol. The Hall–Kier alpha value is -0.780. The molecule has 2 aliphatic carbocycles. The van der Waals surface area contributed by atoms with Crippen molar-refractivity contribution in [1.29, 1.82) is 0 Å². The predicted octanol–water partition coefficient (Wildman–Crippen LogP) is 7.11. The first-order valence-corrected chi connectivity index (χ1v) is 10.2. The fourth-order valence-electron chi connectivity index (χ4n) is 3.30.